The average Bonchev–Trinajstić information content (AvgIpc) is 3.24. The molecule has 5 aromatic carbocycles. The van der Waals surface area contributed by atoms with Gasteiger partial charge in [0.1, 0.15) is 0 Å². The van der Waals surface area contributed by atoms with E-state index >= 15 is 0 Å². The van der Waals surface area contributed by atoms with Gasteiger partial charge < -0.3 is 0 Å². The van der Waals surface area contributed by atoms with Crippen molar-refractivity contribution in [2.45, 2.75) is 0 Å². The molecule has 7 rings (SSSR count). The average molecular weight is 432 g/mol. The van der Waals surface area contributed by atoms with Crippen LogP contribution in [0.3, 0.4) is 0 Å². The van der Waals surface area contributed by atoms with E-state index in [1.54, 1.807) is 0 Å². The highest BCUT2D eigenvalue weighted by atomic mass is 14.6. The van der Waals surface area contributed by atoms with Crippen molar-refractivity contribution in [1.29, 1.82) is 0 Å². The minimum absolute atomic E-state index is 1.13. The molecular weight excluding hydrogens is 410 g/mol. The summed E-state index contributed by atoms with van der Waals surface area (Å²) in [6, 6.07) is 41.8. The predicted molar refractivity (Wildman–Crippen MR) is 142 cm³/mol. The van der Waals surface area contributed by atoms with Crippen LogP contribution >= 0.6 is 0 Å². The number of fused-ring (bicyclic) bond motifs is 3. The molecule has 158 valence electrons. The molecule has 1 aliphatic carbocycles. The maximum Gasteiger partial charge on any atom is 0.0346 e. The van der Waals surface area contributed by atoms with Gasteiger partial charge in [0, 0.05) is 18.0 Å². The molecule has 1 aromatic heterocycles. The van der Waals surface area contributed by atoms with E-state index in [4.69, 9.17) is 0 Å². The Morgan fingerprint density at radius 1 is 0.382 bits per heavy atom. The van der Waals surface area contributed by atoms with Crippen molar-refractivity contribution in [1.82, 2.24) is 4.98 Å². The van der Waals surface area contributed by atoms with Crippen LogP contribution in [-0.2, 0) is 0 Å². The molecule has 0 amide bonds. The fraction of sp³-hybridized carbons (Fsp3) is 0. The second-order valence-corrected chi connectivity index (χ2v) is 8.88. The highest BCUT2D eigenvalue weighted by Crippen LogP contribution is 2.48. The second kappa shape index (κ2) is 7.54. The van der Waals surface area contributed by atoms with Gasteiger partial charge in [0.2, 0.25) is 0 Å². The van der Waals surface area contributed by atoms with Crippen molar-refractivity contribution >= 4 is 10.8 Å². The van der Waals surface area contributed by atoms with Crippen LogP contribution in [0.4, 0.5) is 0 Å². The molecule has 0 fully saturated rings. The Balaban J connectivity index is 1.36. The van der Waals surface area contributed by atoms with Gasteiger partial charge in [-0.25, -0.2) is 0 Å². The summed E-state index contributed by atoms with van der Waals surface area (Å²) in [7, 11) is 0. The third-order valence-corrected chi connectivity index (χ3v) is 6.87. The van der Waals surface area contributed by atoms with Crippen molar-refractivity contribution in [2.75, 3.05) is 0 Å². The van der Waals surface area contributed by atoms with Gasteiger partial charge in [0.05, 0.1) is 0 Å². The Morgan fingerprint density at radius 2 is 0.971 bits per heavy atom. The molecular formula is C33H21N. The Hall–Kier alpha value is -4.49. The van der Waals surface area contributed by atoms with E-state index in [0.717, 1.165) is 5.56 Å². The van der Waals surface area contributed by atoms with Crippen molar-refractivity contribution in [2.24, 2.45) is 0 Å². The lowest BCUT2D eigenvalue weighted by atomic mass is 9.93. The van der Waals surface area contributed by atoms with Crippen LogP contribution in [0.1, 0.15) is 0 Å². The fourth-order valence-corrected chi connectivity index (χ4v) is 5.27. The van der Waals surface area contributed by atoms with E-state index in [0.29, 0.717) is 0 Å². The van der Waals surface area contributed by atoms with Gasteiger partial charge in [-0.1, -0.05) is 84.9 Å². The summed E-state index contributed by atoms with van der Waals surface area (Å²) in [6.45, 7) is 0. The zero-order chi connectivity index (χ0) is 22.5. The van der Waals surface area contributed by atoms with Gasteiger partial charge in [-0.05, 0) is 91.2 Å². The summed E-state index contributed by atoms with van der Waals surface area (Å²) >= 11 is 0. The van der Waals surface area contributed by atoms with E-state index in [1.807, 2.05) is 18.5 Å². The molecule has 34 heavy (non-hydrogen) atoms. The first-order chi connectivity index (χ1) is 16.8. The molecule has 0 N–H and O–H groups in total. The largest absolute Gasteiger partial charge is 0.264 e. The minimum Gasteiger partial charge on any atom is -0.264 e. The van der Waals surface area contributed by atoms with E-state index in [1.165, 1.54) is 60.8 Å². The monoisotopic (exact) mass is 431 g/mol. The highest BCUT2D eigenvalue weighted by molar-refractivity contribution is 6.16. The standard InChI is InChI=1S/C33H21N/c1-2-14-30-29(13-1)31-15-5-11-26-19-28(20-32(30)33(26)31)25-10-4-8-23(18-25)22-7-3-9-24(17-22)27-12-6-16-34-21-27/h1-21H. The van der Waals surface area contributed by atoms with Crippen LogP contribution in [0.25, 0.3) is 66.4 Å². The summed E-state index contributed by atoms with van der Waals surface area (Å²) in [6.07, 6.45) is 3.73. The number of benzene rings is 5. The number of hydrogen-bond donors (Lipinski definition) is 0. The molecule has 0 atom stereocenters. The summed E-state index contributed by atoms with van der Waals surface area (Å²) in [5, 5.41) is 2.66. The van der Waals surface area contributed by atoms with Crippen LogP contribution in [0.5, 0.6) is 0 Å². The first-order valence-electron chi connectivity index (χ1n) is 11.6. The topological polar surface area (TPSA) is 12.9 Å². The predicted octanol–water partition coefficient (Wildman–Crippen LogP) is 8.88. The number of nitrogens with zero attached hydrogens (tertiary/aromatic N) is 1. The van der Waals surface area contributed by atoms with E-state index in [-0.39, 0.29) is 0 Å². The maximum atomic E-state index is 4.28. The summed E-state index contributed by atoms with van der Waals surface area (Å²) in [4.78, 5) is 4.28. The smallest absolute Gasteiger partial charge is 0.0346 e. The highest BCUT2D eigenvalue weighted by Gasteiger charge is 2.21. The normalized spacial score (nSPS) is 11.5. The van der Waals surface area contributed by atoms with Gasteiger partial charge in [0.15, 0.2) is 0 Å². The summed E-state index contributed by atoms with van der Waals surface area (Å²) < 4.78 is 0. The second-order valence-electron chi connectivity index (χ2n) is 8.88. The molecule has 1 nitrogen and oxygen atoms in total. The molecule has 0 bridgehead atoms. The first kappa shape index (κ1) is 19.0. The Morgan fingerprint density at radius 3 is 1.68 bits per heavy atom. The third kappa shape index (κ3) is 2.98. The number of rotatable bonds is 3. The lowest BCUT2D eigenvalue weighted by Gasteiger charge is -2.11. The lowest BCUT2D eigenvalue weighted by molar-refractivity contribution is 1.33. The first-order valence-corrected chi connectivity index (χ1v) is 11.6. The van der Waals surface area contributed by atoms with Gasteiger partial charge in [-0.15, -0.1) is 0 Å². The molecule has 0 radical (unpaired) electrons. The van der Waals surface area contributed by atoms with Crippen LogP contribution < -0.4 is 0 Å². The van der Waals surface area contributed by atoms with Crippen LogP contribution in [0, 0.1) is 0 Å². The molecule has 1 aliphatic rings. The molecule has 0 saturated carbocycles. The number of hydrogen-bond acceptors (Lipinski definition) is 1. The molecule has 1 heteroatoms. The number of aromatic nitrogens is 1. The van der Waals surface area contributed by atoms with Gasteiger partial charge in [-0.3, -0.25) is 4.98 Å². The van der Waals surface area contributed by atoms with Crippen LogP contribution in [0.15, 0.2) is 128 Å². The molecule has 0 saturated heterocycles. The summed E-state index contributed by atoms with van der Waals surface area (Å²) in [5.74, 6) is 0. The SMILES string of the molecule is c1cncc(-c2cccc(-c3cccc(-c4cc5c6c(cccc6c4)-c4ccccc4-5)c3)c2)c1. The third-order valence-electron chi connectivity index (χ3n) is 6.87. The van der Waals surface area contributed by atoms with Gasteiger partial charge in [0.25, 0.3) is 0 Å². The molecule has 1 heterocycles. The van der Waals surface area contributed by atoms with Crippen molar-refractivity contribution < 1.29 is 0 Å². The quantitative estimate of drug-likeness (QED) is 0.272. The Kier molecular flexibility index (Phi) is 4.22. The van der Waals surface area contributed by atoms with Crippen molar-refractivity contribution in [3.63, 3.8) is 0 Å². The van der Waals surface area contributed by atoms with Crippen molar-refractivity contribution in [3.05, 3.63) is 128 Å². The molecule has 0 aliphatic heterocycles. The summed E-state index contributed by atoms with van der Waals surface area (Å²) in [5.41, 5.74) is 12.6. The Bertz CT molecular complexity index is 1700. The lowest BCUT2D eigenvalue weighted by Crippen LogP contribution is -1.85. The van der Waals surface area contributed by atoms with E-state index in [2.05, 4.69) is 114 Å². The molecule has 0 spiro atoms. The Labute approximate surface area is 199 Å². The van der Waals surface area contributed by atoms with E-state index in [9.17, 15) is 0 Å². The van der Waals surface area contributed by atoms with Crippen molar-refractivity contribution in [3.8, 4) is 55.6 Å². The van der Waals surface area contributed by atoms with Gasteiger partial charge >= 0.3 is 0 Å². The zero-order valence-electron chi connectivity index (χ0n) is 18.6. The molecule has 0 unspecified atom stereocenters. The fourth-order valence-electron chi connectivity index (χ4n) is 5.27. The number of pyridine rings is 1. The molecule has 6 aromatic rings. The van der Waals surface area contributed by atoms with Gasteiger partial charge in [-0.2, -0.15) is 0 Å². The maximum absolute atomic E-state index is 4.28. The van der Waals surface area contributed by atoms with E-state index < -0.39 is 0 Å². The van der Waals surface area contributed by atoms with Crippen LogP contribution in [0.2, 0.25) is 0 Å². The zero-order valence-corrected chi connectivity index (χ0v) is 18.6. The van der Waals surface area contributed by atoms with Crippen LogP contribution in [-0.4, -0.2) is 4.98 Å². The minimum atomic E-state index is 1.13.